The summed E-state index contributed by atoms with van der Waals surface area (Å²) in [5.74, 6) is 1.75. The minimum Gasteiger partial charge on any atom is -0.381 e. The van der Waals surface area contributed by atoms with Crippen molar-refractivity contribution in [1.82, 2.24) is 5.32 Å². The van der Waals surface area contributed by atoms with Crippen LogP contribution in [0.2, 0.25) is 0 Å². The normalized spacial score (nSPS) is 32.6. The fraction of sp³-hybridized carbons (Fsp3) is 1.00. The summed E-state index contributed by atoms with van der Waals surface area (Å²) in [5.41, 5.74) is 5.75. The quantitative estimate of drug-likeness (QED) is 0.672. The van der Waals surface area contributed by atoms with Gasteiger partial charge in [0.25, 0.3) is 0 Å². The van der Waals surface area contributed by atoms with E-state index < -0.39 is 0 Å². The van der Waals surface area contributed by atoms with Crippen molar-refractivity contribution in [2.24, 2.45) is 17.6 Å². The molecule has 2 rings (SSSR count). The Morgan fingerprint density at radius 1 is 1.13 bits per heavy atom. The molecule has 0 amide bonds. The number of rotatable bonds is 5. The average Bonchev–Trinajstić information content (AvgIpc) is 2.23. The van der Waals surface area contributed by atoms with Crippen molar-refractivity contribution in [3.8, 4) is 0 Å². The van der Waals surface area contributed by atoms with Gasteiger partial charge in [0.2, 0.25) is 0 Å². The lowest BCUT2D eigenvalue weighted by Crippen LogP contribution is -2.41. The zero-order valence-electron chi connectivity index (χ0n) is 9.58. The topological polar surface area (TPSA) is 47.3 Å². The van der Waals surface area contributed by atoms with E-state index in [1.165, 1.54) is 45.2 Å². The predicted molar refractivity (Wildman–Crippen MR) is 61.7 cm³/mol. The van der Waals surface area contributed by atoms with Crippen molar-refractivity contribution in [1.29, 1.82) is 0 Å². The first-order valence-electron chi connectivity index (χ1n) is 6.38. The Labute approximate surface area is 92.7 Å². The van der Waals surface area contributed by atoms with Crippen LogP contribution in [0.4, 0.5) is 0 Å². The molecule has 0 unspecified atom stereocenters. The van der Waals surface area contributed by atoms with Gasteiger partial charge in [0.05, 0.1) is 0 Å². The SMILES string of the molecule is NC1CC(CNCCC2CCOCC2)C1. The third-order valence-electron chi connectivity index (χ3n) is 3.78. The molecule has 0 aromatic heterocycles. The van der Waals surface area contributed by atoms with Gasteiger partial charge >= 0.3 is 0 Å². The number of nitrogens with one attached hydrogen (secondary N) is 1. The maximum atomic E-state index is 5.75. The molecule has 0 aromatic carbocycles. The molecular weight excluding hydrogens is 188 g/mol. The van der Waals surface area contributed by atoms with E-state index in [1.807, 2.05) is 0 Å². The van der Waals surface area contributed by atoms with Gasteiger partial charge in [-0.1, -0.05) is 0 Å². The number of hydrogen-bond donors (Lipinski definition) is 2. The van der Waals surface area contributed by atoms with Gasteiger partial charge in [-0.15, -0.1) is 0 Å². The van der Waals surface area contributed by atoms with Crippen LogP contribution >= 0.6 is 0 Å². The second kappa shape index (κ2) is 5.83. The summed E-state index contributed by atoms with van der Waals surface area (Å²) >= 11 is 0. The van der Waals surface area contributed by atoms with Gasteiger partial charge in [-0.3, -0.25) is 0 Å². The second-order valence-corrected chi connectivity index (χ2v) is 5.15. The van der Waals surface area contributed by atoms with Crippen molar-refractivity contribution in [2.75, 3.05) is 26.3 Å². The molecule has 3 N–H and O–H groups in total. The van der Waals surface area contributed by atoms with Crippen LogP contribution in [0.5, 0.6) is 0 Å². The maximum absolute atomic E-state index is 5.75. The molecule has 88 valence electrons. The van der Waals surface area contributed by atoms with Crippen molar-refractivity contribution in [2.45, 2.75) is 38.1 Å². The highest BCUT2D eigenvalue weighted by molar-refractivity contribution is 4.83. The Hall–Kier alpha value is -0.120. The average molecular weight is 212 g/mol. The van der Waals surface area contributed by atoms with Crippen molar-refractivity contribution in [3.63, 3.8) is 0 Å². The third kappa shape index (κ3) is 3.74. The summed E-state index contributed by atoms with van der Waals surface area (Å²) in [7, 11) is 0. The number of nitrogens with two attached hydrogens (primary N) is 1. The third-order valence-corrected chi connectivity index (χ3v) is 3.78. The van der Waals surface area contributed by atoms with Gasteiger partial charge in [-0.25, -0.2) is 0 Å². The molecule has 1 heterocycles. The van der Waals surface area contributed by atoms with E-state index in [1.54, 1.807) is 0 Å². The maximum Gasteiger partial charge on any atom is 0.0468 e. The first-order chi connectivity index (χ1) is 7.34. The Morgan fingerprint density at radius 2 is 1.87 bits per heavy atom. The van der Waals surface area contributed by atoms with Gasteiger partial charge in [-0.2, -0.15) is 0 Å². The summed E-state index contributed by atoms with van der Waals surface area (Å²) in [6.45, 7) is 4.30. The first-order valence-corrected chi connectivity index (χ1v) is 6.38. The van der Waals surface area contributed by atoms with Crippen molar-refractivity contribution >= 4 is 0 Å². The van der Waals surface area contributed by atoms with Crippen molar-refractivity contribution < 1.29 is 4.74 Å². The minimum absolute atomic E-state index is 0.493. The Balaban J connectivity index is 1.44. The van der Waals surface area contributed by atoms with E-state index in [0.717, 1.165) is 25.0 Å². The van der Waals surface area contributed by atoms with Crippen LogP contribution in [0.3, 0.4) is 0 Å². The zero-order chi connectivity index (χ0) is 10.5. The van der Waals surface area contributed by atoms with E-state index in [9.17, 15) is 0 Å². The van der Waals surface area contributed by atoms with E-state index in [0.29, 0.717) is 6.04 Å². The molecule has 1 aliphatic carbocycles. The van der Waals surface area contributed by atoms with Crippen LogP contribution in [-0.2, 0) is 4.74 Å². The van der Waals surface area contributed by atoms with E-state index >= 15 is 0 Å². The van der Waals surface area contributed by atoms with Crippen LogP contribution in [-0.4, -0.2) is 32.3 Å². The molecule has 3 heteroatoms. The summed E-state index contributed by atoms with van der Waals surface area (Å²) in [6.07, 6.45) is 6.29. The molecule has 0 radical (unpaired) electrons. The summed E-state index contributed by atoms with van der Waals surface area (Å²) in [4.78, 5) is 0. The first kappa shape index (κ1) is 11.4. The van der Waals surface area contributed by atoms with Crippen LogP contribution in [0, 0.1) is 11.8 Å². The van der Waals surface area contributed by atoms with Gasteiger partial charge in [0, 0.05) is 19.3 Å². The lowest BCUT2D eigenvalue weighted by Gasteiger charge is -2.32. The second-order valence-electron chi connectivity index (χ2n) is 5.15. The molecule has 0 atom stereocenters. The van der Waals surface area contributed by atoms with Crippen LogP contribution in [0.1, 0.15) is 32.1 Å². The predicted octanol–water partition coefficient (Wildman–Crippen LogP) is 1.13. The van der Waals surface area contributed by atoms with Crippen LogP contribution in [0.15, 0.2) is 0 Å². The molecule has 1 saturated carbocycles. The Bertz CT molecular complexity index is 174. The van der Waals surface area contributed by atoms with Gasteiger partial charge in [0.1, 0.15) is 0 Å². The molecule has 2 fully saturated rings. The Kier molecular flexibility index (Phi) is 4.42. The van der Waals surface area contributed by atoms with Gasteiger partial charge in [-0.05, 0) is 57.0 Å². The fourth-order valence-electron chi connectivity index (χ4n) is 2.60. The molecule has 0 aromatic rings. The largest absolute Gasteiger partial charge is 0.381 e. The molecule has 3 nitrogen and oxygen atoms in total. The van der Waals surface area contributed by atoms with E-state index in [2.05, 4.69) is 5.32 Å². The molecule has 1 saturated heterocycles. The molecule has 15 heavy (non-hydrogen) atoms. The van der Waals surface area contributed by atoms with E-state index in [-0.39, 0.29) is 0 Å². The van der Waals surface area contributed by atoms with Crippen LogP contribution in [0.25, 0.3) is 0 Å². The standard InChI is InChI=1S/C12H24N2O/c13-12-7-11(8-12)9-14-4-1-10-2-5-15-6-3-10/h10-12,14H,1-9,13H2. The molecule has 2 aliphatic rings. The highest BCUT2D eigenvalue weighted by Crippen LogP contribution is 2.24. The lowest BCUT2D eigenvalue weighted by molar-refractivity contribution is 0.0638. The smallest absolute Gasteiger partial charge is 0.0468 e. The summed E-state index contributed by atoms with van der Waals surface area (Å²) < 4.78 is 5.35. The summed E-state index contributed by atoms with van der Waals surface area (Å²) in [5, 5.41) is 3.56. The monoisotopic (exact) mass is 212 g/mol. The van der Waals surface area contributed by atoms with E-state index in [4.69, 9.17) is 10.5 Å². The minimum atomic E-state index is 0.493. The Morgan fingerprint density at radius 3 is 2.53 bits per heavy atom. The van der Waals surface area contributed by atoms with Gasteiger partial charge in [0.15, 0.2) is 0 Å². The van der Waals surface area contributed by atoms with Crippen molar-refractivity contribution in [3.05, 3.63) is 0 Å². The van der Waals surface area contributed by atoms with Crippen LogP contribution < -0.4 is 11.1 Å². The fourth-order valence-corrected chi connectivity index (χ4v) is 2.60. The highest BCUT2D eigenvalue weighted by Gasteiger charge is 2.25. The lowest BCUT2D eigenvalue weighted by atomic mass is 9.81. The molecule has 1 aliphatic heterocycles. The number of ether oxygens (including phenoxy) is 1. The summed E-state index contributed by atoms with van der Waals surface area (Å²) in [6, 6.07) is 0.493. The molecule has 0 bridgehead atoms. The molecular formula is C12H24N2O. The number of hydrogen-bond acceptors (Lipinski definition) is 3. The zero-order valence-corrected chi connectivity index (χ0v) is 9.58. The highest BCUT2D eigenvalue weighted by atomic mass is 16.5. The molecule has 0 spiro atoms. The van der Waals surface area contributed by atoms with Gasteiger partial charge < -0.3 is 15.8 Å².